The van der Waals surface area contributed by atoms with Crippen LogP contribution in [0.3, 0.4) is 0 Å². The van der Waals surface area contributed by atoms with Crippen LogP contribution in [0.5, 0.6) is 0 Å². The number of rotatable bonds is 4. The molecule has 1 spiro atoms. The number of piperidine rings is 1. The average molecular weight is 372 g/mol. The molecule has 4 rings (SSSR count). The molecule has 0 unspecified atom stereocenters. The van der Waals surface area contributed by atoms with Crippen LogP contribution in [-0.4, -0.2) is 42.6 Å². The van der Waals surface area contributed by atoms with E-state index in [4.69, 9.17) is 9.15 Å². The smallest absolute Gasteiger partial charge is 0.246 e. The van der Waals surface area contributed by atoms with Gasteiger partial charge in [-0.25, -0.2) is 0 Å². The van der Waals surface area contributed by atoms with E-state index in [1.807, 2.05) is 6.07 Å². The molecule has 0 aliphatic carbocycles. The van der Waals surface area contributed by atoms with Gasteiger partial charge >= 0.3 is 0 Å². The minimum Gasteiger partial charge on any atom is -0.453 e. The van der Waals surface area contributed by atoms with E-state index >= 15 is 0 Å². The normalized spacial score (nSPS) is 20.3. The van der Waals surface area contributed by atoms with Crippen LogP contribution in [0, 0.1) is 6.92 Å². The molecule has 0 radical (unpaired) electrons. The molecule has 0 atom stereocenters. The molecular weight excluding hydrogens is 348 g/mol. The molecule has 0 saturated carbocycles. The highest BCUT2D eigenvalue weighted by Gasteiger charge is 2.38. The van der Waals surface area contributed by atoms with Crippen LogP contribution >= 0.6 is 11.8 Å². The summed E-state index contributed by atoms with van der Waals surface area (Å²) < 4.78 is 11.8. The molecule has 2 fully saturated rings. The van der Waals surface area contributed by atoms with Crippen molar-refractivity contribution in [2.75, 3.05) is 26.2 Å². The number of ether oxygens (including phenoxy) is 1. The lowest BCUT2D eigenvalue weighted by atomic mass is 9.90. The molecular formula is C20H24N2O3S. The van der Waals surface area contributed by atoms with E-state index in [0.717, 1.165) is 43.3 Å². The third-order valence-electron chi connectivity index (χ3n) is 5.14. The number of aryl methyl sites for hydroxylation is 1. The highest BCUT2D eigenvalue weighted by atomic mass is 32.2. The van der Waals surface area contributed by atoms with Crippen molar-refractivity contribution in [1.29, 1.82) is 0 Å². The Kier molecular flexibility index (Phi) is 5.07. The van der Waals surface area contributed by atoms with E-state index in [1.54, 1.807) is 11.8 Å². The summed E-state index contributed by atoms with van der Waals surface area (Å²) >= 11 is 1.65. The molecule has 1 amide bonds. The Hall–Kier alpha value is -1.76. The number of morpholine rings is 1. The molecule has 1 N–H and O–H groups in total. The fraction of sp³-hybridized carbons (Fsp3) is 0.450. The van der Waals surface area contributed by atoms with Gasteiger partial charge in [-0.2, -0.15) is 0 Å². The zero-order chi connectivity index (χ0) is 18.0. The number of hydrogen-bond acceptors (Lipinski definition) is 5. The van der Waals surface area contributed by atoms with E-state index < -0.39 is 0 Å². The second-order valence-electron chi connectivity index (χ2n) is 7.16. The summed E-state index contributed by atoms with van der Waals surface area (Å²) in [6.45, 7) is 5.65. The van der Waals surface area contributed by atoms with Gasteiger partial charge < -0.3 is 14.5 Å². The van der Waals surface area contributed by atoms with Gasteiger partial charge in [0, 0.05) is 24.5 Å². The van der Waals surface area contributed by atoms with Crippen molar-refractivity contribution in [2.45, 2.75) is 41.9 Å². The van der Waals surface area contributed by atoms with E-state index in [-0.39, 0.29) is 18.1 Å². The highest BCUT2D eigenvalue weighted by molar-refractivity contribution is 7.99. The molecule has 5 nitrogen and oxygen atoms in total. The van der Waals surface area contributed by atoms with Crippen molar-refractivity contribution in [3.8, 4) is 0 Å². The number of nitrogens with zero attached hydrogens (tertiary/aromatic N) is 1. The zero-order valence-corrected chi connectivity index (χ0v) is 15.8. The molecule has 3 heterocycles. The average Bonchev–Trinajstić information content (AvgIpc) is 3.09. The van der Waals surface area contributed by atoms with Crippen molar-refractivity contribution in [2.24, 2.45) is 0 Å². The number of hydrogen-bond donors (Lipinski definition) is 1. The van der Waals surface area contributed by atoms with Crippen LogP contribution in [0.1, 0.15) is 24.2 Å². The maximum absolute atomic E-state index is 11.3. The first-order chi connectivity index (χ1) is 12.6. The maximum Gasteiger partial charge on any atom is 0.246 e. The number of carbonyl (C=O) groups excluding carboxylic acids is 1. The van der Waals surface area contributed by atoms with Gasteiger partial charge in [0.25, 0.3) is 0 Å². The van der Waals surface area contributed by atoms with Crippen molar-refractivity contribution in [3.05, 3.63) is 47.7 Å². The van der Waals surface area contributed by atoms with Gasteiger partial charge in [0.05, 0.1) is 12.1 Å². The van der Waals surface area contributed by atoms with Crippen LogP contribution < -0.4 is 5.32 Å². The summed E-state index contributed by atoms with van der Waals surface area (Å²) in [5.41, 5.74) is 1.10. The van der Waals surface area contributed by atoms with Crippen molar-refractivity contribution < 1.29 is 13.9 Å². The van der Waals surface area contributed by atoms with Gasteiger partial charge in [-0.15, -0.1) is 0 Å². The number of amides is 1. The SMILES string of the molecule is Cc1ccc(Sc2ccc(CN3CCC4(CC3)CNC(=O)CO4)o2)cc1. The van der Waals surface area contributed by atoms with Crippen molar-refractivity contribution >= 4 is 17.7 Å². The fourth-order valence-corrected chi connectivity index (χ4v) is 4.25. The Bertz CT molecular complexity index is 752. The zero-order valence-electron chi connectivity index (χ0n) is 15.0. The minimum absolute atomic E-state index is 0.00718. The predicted molar refractivity (Wildman–Crippen MR) is 100 cm³/mol. The minimum atomic E-state index is -0.167. The van der Waals surface area contributed by atoms with Crippen molar-refractivity contribution in [1.82, 2.24) is 10.2 Å². The van der Waals surface area contributed by atoms with E-state index in [9.17, 15) is 4.79 Å². The highest BCUT2D eigenvalue weighted by Crippen LogP contribution is 2.31. The summed E-state index contributed by atoms with van der Waals surface area (Å²) in [4.78, 5) is 14.9. The van der Waals surface area contributed by atoms with Gasteiger partial charge in [0.2, 0.25) is 5.91 Å². The molecule has 1 aromatic carbocycles. The predicted octanol–water partition coefficient (Wildman–Crippen LogP) is 3.22. The monoisotopic (exact) mass is 372 g/mol. The maximum atomic E-state index is 11.3. The second kappa shape index (κ2) is 7.47. The second-order valence-corrected chi connectivity index (χ2v) is 8.24. The Labute approximate surface area is 158 Å². The molecule has 2 saturated heterocycles. The first kappa shape index (κ1) is 17.6. The summed E-state index contributed by atoms with van der Waals surface area (Å²) in [6.07, 6.45) is 1.89. The molecule has 26 heavy (non-hydrogen) atoms. The van der Waals surface area contributed by atoms with Gasteiger partial charge in [0.15, 0.2) is 5.09 Å². The quantitative estimate of drug-likeness (QED) is 0.893. The summed E-state index contributed by atoms with van der Waals surface area (Å²) in [6, 6.07) is 12.6. The van der Waals surface area contributed by atoms with Gasteiger partial charge in [-0.05, 0) is 44.0 Å². The number of likely N-dealkylation sites (tertiary alicyclic amines) is 1. The van der Waals surface area contributed by atoms with Crippen LogP contribution in [0.2, 0.25) is 0 Å². The van der Waals surface area contributed by atoms with Gasteiger partial charge in [-0.1, -0.05) is 29.5 Å². The third-order valence-corrected chi connectivity index (χ3v) is 6.07. The van der Waals surface area contributed by atoms with E-state index in [2.05, 4.69) is 47.5 Å². The number of nitrogens with one attached hydrogen (secondary N) is 1. The molecule has 2 aliphatic heterocycles. The summed E-state index contributed by atoms with van der Waals surface area (Å²) in [5.74, 6) is 0.987. The molecule has 2 aromatic rings. The van der Waals surface area contributed by atoms with Crippen LogP contribution in [0.4, 0.5) is 0 Å². The molecule has 2 aliphatic rings. The van der Waals surface area contributed by atoms with Crippen LogP contribution in [0.15, 0.2) is 50.8 Å². The Morgan fingerprint density at radius 1 is 1.15 bits per heavy atom. The first-order valence-corrected chi connectivity index (χ1v) is 9.88. The molecule has 6 heteroatoms. The standard InChI is InChI=1S/C20H24N2O3S/c1-15-2-5-17(6-3-15)26-19-7-4-16(25-19)12-22-10-8-20(9-11-22)14-21-18(23)13-24-20/h2-7H,8-14H2,1H3,(H,21,23). The number of furan rings is 1. The van der Waals surface area contributed by atoms with E-state index in [1.165, 1.54) is 10.5 Å². The Morgan fingerprint density at radius 3 is 2.62 bits per heavy atom. The van der Waals surface area contributed by atoms with Gasteiger partial charge in [0.1, 0.15) is 12.4 Å². The lowest BCUT2D eigenvalue weighted by Gasteiger charge is -2.43. The Morgan fingerprint density at radius 2 is 1.92 bits per heavy atom. The molecule has 0 bridgehead atoms. The summed E-state index contributed by atoms with van der Waals surface area (Å²) in [7, 11) is 0. The van der Waals surface area contributed by atoms with Crippen molar-refractivity contribution in [3.63, 3.8) is 0 Å². The topological polar surface area (TPSA) is 54.7 Å². The molecule has 138 valence electrons. The third kappa shape index (κ3) is 4.14. The fourth-order valence-electron chi connectivity index (χ4n) is 3.46. The molecule has 1 aromatic heterocycles. The van der Waals surface area contributed by atoms with Crippen LogP contribution in [-0.2, 0) is 16.1 Å². The Balaban J connectivity index is 1.29. The van der Waals surface area contributed by atoms with E-state index in [0.29, 0.717) is 6.54 Å². The first-order valence-electron chi connectivity index (χ1n) is 9.07. The summed E-state index contributed by atoms with van der Waals surface area (Å²) in [5, 5.41) is 3.86. The number of benzene rings is 1. The largest absolute Gasteiger partial charge is 0.453 e. The lowest BCUT2D eigenvalue weighted by molar-refractivity contribution is -0.150. The lowest BCUT2D eigenvalue weighted by Crippen LogP contribution is -2.57. The van der Waals surface area contributed by atoms with Gasteiger partial charge in [-0.3, -0.25) is 9.69 Å². The number of carbonyl (C=O) groups is 1. The van der Waals surface area contributed by atoms with Crippen LogP contribution in [0.25, 0.3) is 0 Å².